The van der Waals surface area contributed by atoms with Crippen molar-refractivity contribution in [3.05, 3.63) is 65.7 Å². The van der Waals surface area contributed by atoms with Crippen LogP contribution in [0.2, 0.25) is 0 Å². The monoisotopic (exact) mass is 376 g/mol. The second-order valence-corrected chi connectivity index (χ2v) is 7.97. The van der Waals surface area contributed by atoms with Crippen molar-refractivity contribution in [2.45, 2.75) is 38.5 Å². The van der Waals surface area contributed by atoms with Gasteiger partial charge in [-0.3, -0.25) is 9.59 Å². The van der Waals surface area contributed by atoms with E-state index in [1.165, 1.54) is 11.1 Å². The quantitative estimate of drug-likeness (QED) is 0.761. The second-order valence-electron chi connectivity index (χ2n) is 7.97. The molecule has 0 aliphatic carbocycles. The Labute approximate surface area is 167 Å². The first-order valence-corrected chi connectivity index (χ1v) is 10.4. The maximum absolute atomic E-state index is 12.8. The Morgan fingerprint density at radius 2 is 1.57 bits per heavy atom. The van der Waals surface area contributed by atoms with Gasteiger partial charge >= 0.3 is 0 Å². The number of rotatable bonds is 4. The van der Waals surface area contributed by atoms with E-state index in [4.69, 9.17) is 0 Å². The molecule has 0 N–H and O–H groups in total. The van der Waals surface area contributed by atoms with Crippen LogP contribution in [0.25, 0.3) is 0 Å². The van der Waals surface area contributed by atoms with E-state index in [0.717, 1.165) is 50.9 Å². The first-order chi connectivity index (χ1) is 13.7. The summed E-state index contributed by atoms with van der Waals surface area (Å²) < 4.78 is 0. The van der Waals surface area contributed by atoms with E-state index < -0.39 is 0 Å². The number of fused-ring (bicyclic) bond motifs is 1. The Balaban J connectivity index is 1.30. The molecule has 2 aromatic carbocycles. The van der Waals surface area contributed by atoms with Gasteiger partial charge in [-0.25, -0.2) is 0 Å². The summed E-state index contributed by atoms with van der Waals surface area (Å²) in [6.07, 6.45) is 5.05. The molecule has 0 saturated carbocycles. The van der Waals surface area contributed by atoms with Crippen LogP contribution in [0.4, 0.5) is 5.69 Å². The Kier molecular flexibility index (Phi) is 5.75. The Morgan fingerprint density at radius 3 is 2.36 bits per heavy atom. The van der Waals surface area contributed by atoms with E-state index in [9.17, 15) is 9.59 Å². The van der Waals surface area contributed by atoms with Crippen LogP contribution in [0.1, 0.15) is 36.8 Å². The molecule has 0 radical (unpaired) electrons. The maximum Gasteiger partial charge on any atom is 0.236 e. The highest BCUT2D eigenvalue weighted by Crippen LogP contribution is 2.28. The average Bonchev–Trinajstić information content (AvgIpc) is 2.74. The lowest BCUT2D eigenvalue weighted by atomic mass is 9.90. The summed E-state index contributed by atoms with van der Waals surface area (Å²) in [5, 5.41) is 0. The normalized spacial score (nSPS) is 17.3. The highest BCUT2D eigenvalue weighted by molar-refractivity contribution is 6.05. The predicted octanol–water partition coefficient (Wildman–Crippen LogP) is 3.84. The van der Waals surface area contributed by atoms with Gasteiger partial charge in [-0.2, -0.15) is 0 Å². The van der Waals surface area contributed by atoms with Gasteiger partial charge in [0.15, 0.2) is 0 Å². The number of likely N-dealkylation sites (tertiary alicyclic amines) is 1. The van der Waals surface area contributed by atoms with Gasteiger partial charge < -0.3 is 9.80 Å². The molecule has 28 heavy (non-hydrogen) atoms. The SMILES string of the molecule is O=C(CC(=O)N1CCCc2ccccc21)N1CCC(Cc2ccccc2)CC1. The van der Waals surface area contributed by atoms with E-state index in [1.807, 2.05) is 29.2 Å². The maximum atomic E-state index is 12.8. The number of nitrogens with zero attached hydrogens (tertiary/aromatic N) is 2. The molecule has 2 aliphatic heterocycles. The third kappa shape index (κ3) is 4.27. The van der Waals surface area contributed by atoms with Crippen molar-refractivity contribution in [3.63, 3.8) is 0 Å². The minimum absolute atomic E-state index is 0.0162. The number of amides is 2. The standard InChI is InChI=1S/C24H28N2O2/c27-23(18-24(28)26-14-6-10-21-9-4-5-11-22(21)26)25-15-12-20(13-16-25)17-19-7-2-1-3-8-19/h1-5,7-9,11,20H,6,10,12-18H2. The van der Waals surface area contributed by atoms with Crippen molar-refractivity contribution >= 4 is 17.5 Å². The van der Waals surface area contributed by atoms with E-state index in [0.29, 0.717) is 12.5 Å². The van der Waals surface area contributed by atoms with Crippen LogP contribution in [-0.4, -0.2) is 36.3 Å². The molecular weight excluding hydrogens is 348 g/mol. The minimum Gasteiger partial charge on any atom is -0.342 e. The molecule has 0 unspecified atom stereocenters. The topological polar surface area (TPSA) is 40.6 Å². The van der Waals surface area contributed by atoms with Gasteiger partial charge in [0.1, 0.15) is 6.42 Å². The first kappa shape index (κ1) is 18.7. The van der Waals surface area contributed by atoms with Gasteiger partial charge in [0.05, 0.1) is 0 Å². The molecule has 1 fully saturated rings. The number of hydrogen-bond acceptors (Lipinski definition) is 2. The van der Waals surface area contributed by atoms with Crippen LogP contribution in [0.3, 0.4) is 0 Å². The highest BCUT2D eigenvalue weighted by atomic mass is 16.2. The third-order valence-electron chi connectivity index (χ3n) is 6.05. The van der Waals surface area contributed by atoms with Crippen molar-refractivity contribution < 1.29 is 9.59 Å². The second kappa shape index (κ2) is 8.59. The Hall–Kier alpha value is -2.62. The van der Waals surface area contributed by atoms with Crippen LogP contribution in [0, 0.1) is 5.92 Å². The number of hydrogen-bond donors (Lipinski definition) is 0. The van der Waals surface area contributed by atoms with Crippen LogP contribution < -0.4 is 4.90 Å². The molecule has 2 aliphatic rings. The molecule has 4 rings (SSSR count). The zero-order chi connectivity index (χ0) is 19.3. The zero-order valence-corrected chi connectivity index (χ0v) is 16.3. The number of carbonyl (C=O) groups excluding carboxylic acids is 2. The van der Waals surface area contributed by atoms with Gasteiger partial charge in [-0.05, 0) is 55.2 Å². The molecule has 0 aromatic heterocycles. The number of para-hydroxylation sites is 1. The lowest BCUT2D eigenvalue weighted by molar-refractivity contribution is -0.136. The van der Waals surface area contributed by atoms with E-state index in [1.54, 1.807) is 4.90 Å². The summed E-state index contributed by atoms with van der Waals surface area (Å²) in [6, 6.07) is 18.6. The Morgan fingerprint density at radius 1 is 0.857 bits per heavy atom. The smallest absolute Gasteiger partial charge is 0.236 e. The van der Waals surface area contributed by atoms with Crippen molar-refractivity contribution in [3.8, 4) is 0 Å². The fraction of sp³-hybridized carbons (Fsp3) is 0.417. The summed E-state index contributed by atoms with van der Waals surface area (Å²) in [7, 11) is 0. The predicted molar refractivity (Wildman–Crippen MR) is 111 cm³/mol. The molecule has 0 atom stereocenters. The minimum atomic E-state index is -0.0661. The van der Waals surface area contributed by atoms with Crippen LogP contribution >= 0.6 is 0 Å². The van der Waals surface area contributed by atoms with E-state index in [2.05, 4.69) is 30.3 Å². The van der Waals surface area contributed by atoms with Gasteiger partial charge in [0.2, 0.25) is 11.8 Å². The van der Waals surface area contributed by atoms with Gasteiger partial charge in [0, 0.05) is 25.3 Å². The molecule has 0 bridgehead atoms. The molecule has 4 nitrogen and oxygen atoms in total. The van der Waals surface area contributed by atoms with Crippen LogP contribution in [-0.2, 0) is 22.4 Å². The van der Waals surface area contributed by atoms with Crippen LogP contribution in [0.5, 0.6) is 0 Å². The lowest BCUT2D eigenvalue weighted by Crippen LogP contribution is -2.43. The third-order valence-corrected chi connectivity index (χ3v) is 6.05. The fourth-order valence-corrected chi connectivity index (χ4v) is 4.46. The molecule has 146 valence electrons. The molecule has 1 saturated heterocycles. The number of carbonyl (C=O) groups is 2. The van der Waals surface area contributed by atoms with Crippen LogP contribution in [0.15, 0.2) is 54.6 Å². The van der Waals surface area contributed by atoms with Crippen molar-refractivity contribution in [1.29, 1.82) is 0 Å². The lowest BCUT2D eigenvalue weighted by Gasteiger charge is -2.33. The molecule has 0 spiro atoms. The Bertz CT molecular complexity index is 826. The fourth-order valence-electron chi connectivity index (χ4n) is 4.46. The summed E-state index contributed by atoms with van der Waals surface area (Å²) in [6.45, 7) is 2.24. The largest absolute Gasteiger partial charge is 0.342 e. The summed E-state index contributed by atoms with van der Waals surface area (Å²) in [5.41, 5.74) is 3.55. The van der Waals surface area contributed by atoms with Gasteiger partial charge in [-0.1, -0.05) is 48.5 Å². The number of aryl methyl sites for hydroxylation is 1. The van der Waals surface area contributed by atoms with Crippen molar-refractivity contribution in [2.75, 3.05) is 24.5 Å². The molecule has 2 heterocycles. The van der Waals surface area contributed by atoms with Crippen molar-refractivity contribution in [2.24, 2.45) is 5.92 Å². The van der Waals surface area contributed by atoms with E-state index in [-0.39, 0.29) is 18.2 Å². The van der Waals surface area contributed by atoms with Gasteiger partial charge in [-0.15, -0.1) is 0 Å². The van der Waals surface area contributed by atoms with Gasteiger partial charge in [0.25, 0.3) is 0 Å². The molecule has 2 amide bonds. The number of anilines is 1. The highest BCUT2D eigenvalue weighted by Gasteiger charge is 2.28. The molecule has 4 heteroatoms. The molecular formula is C24H28N2O2. The van der Waals surface area contributed by atoms with E-state index >= 15 is 0 Å². The number of benzene rings is 2. The summed E-state index contributed by atoms with van der Waals surface area (Å²) >= 11 is 0. The zero-order valence-electron chi connectivity index (χ0n) is 16.3. The average molecular weight is 377 g/mol. The molecule has 2 aromatic rings. The number of piperidine rings is 1. The first-order valence-electron chi connectivity index (χ1n) is 10.4. The summed E-state index contributed by atoms with van der Waals surface area (Å²) in [5.74, 6) is 0.533. The summed E-state index contributed by atoms with van der Waals surface area (Å²) in [4.78, 5) is 29.2. The van der Waals surface area contributed by atoms with Crippen molar-refractivity contribution in [1.82, 2.24) is 4.90 Å².